The van der Waals surface area contributed by atoms with E-state index in [1.807, 2.05) is 6.07 Å². The van der Waals surface area contributed by atoms with Crippen molar-refractivity contribution in [3.63, 3.8) is 0 Å². The summed E-state index contributed by atoms with van der Waals surface area (Å²) in [5, 5.41) is 25.9. The molecule has 0 fully saturated rings. The van der Waals surface area contributed by atoms with E-state index in [-0.39, 0.29) is 11.8 Å². The first-order chi connectivity index (χ1) is 8.59. The molecular weight excluding hydrogens is 234 g/mol. The van der Waals surface area contributed by atoms with Crippen molar-refractivity contribution in [2.75, 3.05) is 19.6 Å². The summed E-state index contributed by atoms with van der Waals surface area (Å²) in [6, 6.07) is 6.58. The molecule has 0 aliphatic rings. The first-order valence-corrected chi connectivity index (χ1v) is 5.92. The van der Waals surface area contributed by atoms with Crippen molar-refractivity contribution < 1.29 is 10.0 Å². The van der Waals surface area contributed by atoms with Crippen LogP contribution in [0.2, 0.25) is 0 Å². The molecule has 0 aliphatic heterocycles. The van der Waals surface area contributed by atoms with Gasteiger partial charge in [-0.25, -0.2) is 0 Å². The van der Waals surface area contributed by atoms with Gasteiger partial charge in [0.15, 0.2) is 0 Å². The molecule has 6 heteroatoms. The number of nitrogens with one attached hydrogen (secondary N) is 2. The lowest BCUT2D eigenvalue weighted by Gasteiger charge is -2.08. The van der Waals surface area contributed by atoms with Gasteiger partial charge in [0, 0.05) is 38.3 Å². The number of benzene rings is 1. The zero-order chi connectivity index (χ0) is 13.4. The summed E-state index contributed by atoms with van der Waals surface area (Å²) in [7, 11) is 0. The highest BCUT2D eigenvalue weighted by Gasteiger charge is 2.04. The van der Waals surface area contributed by atoms with E-state index in [2.05, 4.69) is 10.6 Å². The second kappa shape index (κ2) is 7.75. The smallest absolute Gasteiger partial charge is 0.269 e. The number of non-ortho nitro benzene ring substituents is 1. The normalized spacial score (nSPS) is 12.3. The molecule has 0 radical (unpaired) electrons. The molecular formula is C12H19N3O3. The summed E-state index contributed by atoms with van der Waals surface area (Å²) < 4.78 is 0. The monoisotopic (exact) mass is 253 g/mol. The molecule has 1 aromatic carbocycles. The first kappa shape index (κ1) is 14.6. The van der Waals surface area contributed by atoms with Gasteiger partial charge in [-0.15, -0.1) is 0 Å². The molecule has 100 valence electrons. The molecule has 3 N–H and O–H groups in total. The van der Waals surface area contributed by atoms with Crippen molar-refractivity contribution in [1.82, 2.24) is 10.6 Å². The van der Waals surface area contributed by atoms with Gasteiger partial charge in [0.2, 0.25) is 0 Å². The fraction of sp³-hybridized carbons (Fsp3) is 0.500. The highest BCUT2D eigenvalue weighted by molar-refractivity contribution is 5.34. The lowest BCUT2D eigenvalue weighted by atomic mass is 10.2. The molecule has 6 nitrogen and oxygen atoms in total. The van der Waals surface area contributed by atoms with E-state index in [9.17, 15) is 10.1 Å². The third-order valence-electron chi connectivity index (χ3n) is 2.37. The summed E-state index contributed by atoms with van der Waals surface area (Å²) in [6.07, 6.45) is -0.346. The van der Waals surface area contributed by atoms with E-state index in [0.717, 1.165) is 18.7 Å². The molecule has 0 bridgehead atoms. The number of nitrogens with zero attached hydrogens (tertiary/aromatic N) is 1. The van der Waals surface area contributed by atoms with Crippen molar-refractivity contribution in [3.8, 4) is 0 Å². The zero-order valence-corrected chi connectivity index (χ0v) is 10.4. The van der Waals surface area contributed by atoms with Gasteiger partial charge in [-0.1, -0.05) is 12.1 Å². The largest absolute Gasteiger partial charge is 0.392 e. The average Bonchev–Trinajstić information content (AvgIpc) is 2.33. The quantitative estimate of drug-likeness (QED) is 0.360. The van der Waals surface area contributed by atoms with Crippen LogP contribution in [0.1, 0.15) is 12.5 Å². The van der Waals surface area contributed by atoms with Gasteiger partial charge in [0.1, 0.15) is 0 Å². The molecule has 1 rings (SSSR count). The Kier molecular flexibility index (Phi) is 6.27. The Morgan fingerprint density at radius 3 is 2.78 bits per heavy atom. The van der Waals surface area contributed by atoms with Crippen LogP contribution in [0.5, 0.6) is 0 Å². The van der Waals surface area contributed by atoms with Gasteiger partial charge in [0.25, 0.3) is 5.69 Å². The van der Waals surface area contributed by atoms with Gasteiger partial charge >= 0.3 is 0 Å². The minimum atomic E-state index is -0.395. The Balaban J connectivity index is 2.23. The Hall–Kier alpha value is -1.50. The van der Waals surface area contributed by atoms with E-state index in [0.29, 0.717) is 13.1 Å². The van der Waals surface area contributed by atoms with Crippen molar-refractivity contribution in [2.45, 2.75) is 19.6 Å². The molecule has 18 heavy (non-hydrogen) atoms. The van der Waals surface area contributed by atoms with Gasteiger partial charge in [0.05, 0.1) is 11.0 Å². The fourth-order valence-electron chi connectivity index (χ4n) is 1.50. The zero-order valence-electron chi connectivity index (χ0n) is 10.4. The van der Waals surface area contributed by atoms with Gasteiger partial charge in [-0.2, -0.15) is 0 Å². The predicted octanol–water partition coefficient (Wildman–Crippen LogP) is 0.655. The second-order valence-electron chi connectivity index (χ2n) is 4.16. The molecule has 0 aliphatic carbocycles. The number of nitro benzene ring substituents is 1. The SMILES string of the molecule is CC(O)CNCCNCc1cccc([N+](=O)[O-])c1. The fourth-order valence-corrected chi connectivity index (χ4v) is 1.50. The van der Waals surface area contributed by atoms with Crippen molar-refractivity contribution in [1.29, 1.82) is 0 Å². The molecule has 0 spiro atoms. The van der Waals surface area contributed by atoms with E-state index >= 15 is 0 Å². The highest BCUT2D eigenvalue weighted by Crippen LogP contribution is 2.12. The summed E-state index contributed by atoms with van der Waals surface area (Å²) in [6.45, 7) is 4.38. The van der Waals surface area contributed by atoms with Crippen molar-refractivity contribution in [3.05, 3.63) is 39.9 Å². The van der Waals surface area contributed by atoms with Gasteiger partial charge in [-0.3, -0.25) is 10.1 Å². The summed E-state index contributed by atoms with van der Waals surface area (Å²) >= 11 is 0. The molecule has 0 saturated carbocycles. The minimum absolute atomic E-state index is 0.113. The maximum Gasteiger partial charge on any atom is 0.269 e. The van der Waals surface area contributed by atoms with E-state index in [1.54, 1.807) is 19.1 Å². The van der Waals surface area contributed by atoms with Crippen molar-refractivity contribution in [2.24, 2.45) is 0 Å². The van der Waals surface area contributed by atoms with Gasteiger partial charge in [-0.05, 0) is 12.5 Å². The van der Waals surface area contributed by atoms with Crippen LogP contribution in [0.4, 0.5) is 5.69 Å². The van der Waals surface area contributed by atoms with Crippen LogP contribution in [0, 0.1) is 10.1 Å². The minimum Gasteiger partial charge on any atom is -0.392 e. The molecule has 1 atom stereocenters. The van der Waals surface area contributed by atoms with Crippen molar-refractivity contribution >= 4 is 5.69 Å². The second-order valence-corrected chi connectivity index (χ2v) is 4.16. The van der Waals surface area contributed by atoms with Crippen LogP contribution in [0.25, 0.3) is 0 Å². The van der Waals surface area contributed by atoms with Gasteiger partial charge < -0.3 is 15.7 Å². The van der Waals surface area contributed by atoms with E-state index in [4.69, 9.17) is 5.11 Å². The molecule has 1 unspecified atom stereocenters. The van der Waals surface area contributed by atoms with Crippen LogP contribution in [0.15, 0.2) is 24.3 Å². The Morgan fingerprint density at radius 1 is 1.39 bits per heavy atom. The number of hydrogen-bond acceptors (Lipinski definition) is 5. The number of nitro groups is 1. The number of aliphatic hydroxyl groups is 1. The van der Waals surface area contributed by atoms with Crippen LogP contribution < -0.4 is 10.6 Å². The average molecular weight is 253 g/mol. The summed E-state index contributed by atoms with van der Waals surface area (Å²) in [5.41, 5.74) is 1.00. The van der Waals surface area contributed by atoms with E-state index < -0.39 is 4.92 Å². The van der Waals surface area contributed by atoms with Crippen LogP contribution >= 0.6 is 0 Å². The van der Waals surface area contributed by atoms with E-state index in [1.165, 1.54) is 6.07 Å². The Labute approximate surface area is 106 Å². The lowest BCUT2D eigenvalue weighted by molar-refractivity contribution is -0.384. The van der Waals surface area contributed by atoms with Crippen LogP contribution in [-0.4, -0.2) is 35.8 Å². The summed E-state index contributed by atoms with van der Waals surface area (Å²) in [5.74, 6) is 0. The lowest BCUT2D eigenvalue weighted by Crippen LogP contribution is -2.31. The summed E-state index contributed by atoms with van der Waals surface area (Å²) in [4.78, 5) is 10.2. The standard InChI is InChI=1S/C12H19N3O3/c1-10(16)8-13-5-6-14-9-11-3-2-4-12(7-11)15(17)18/h2-4,7,10,13-14,16H,5-6,8-9H2,1H3. The number of aliphatic hydroxyl groups excluding tert-OH is 1. The Bertz CT molecular complexity index is 383. The molecule has 0 aromatic heterocycles. The first-order valence-electron chi connectivity index (χ1n) is 5.92. The Morgan fingerprint density at radius 2 is 2.11 bits per heavy atom. The maximum absolute atomic E-state index is 10.6. The third kappa shape index (κ3) is 5.72. The number of rotatable bonds is 8. The highest BCUT2D eigenvalue weighted by atomic mass is 16.6. The molecule has 0 amide bonds. The molecule has 0 heterocycles. The predicted molar refractivity (Wildman–Crippen MR) is 69.4 cm³/mol. The molecule has 0 saturated heterocycles. The van der Waals surface area contributed by atoms with Crippen LogP contribution in [-0.2, 0) is 6.54 Å². The molecule has 1 aromatic rings. The third-order valence-corrected chi connectivity index (χ3v) is 2.37. The van der Waals surface area contributed by atoms with Crippen LogP contribution in [0.3, 0.4) is 0 Å². The topological polar surface area (TPSA) is 87.4 Å². The number of hydrogen-bond donors (Lipinski definition) is 3. The maximum atomic E-state index is 10.6.